The highest BCUT2D eigenvalue weighted by molar-refractivity contribution is 6.42. The number of aliphatic carboxylic acids is 1. The molecule has 0 saturated carbocycles. The maximum absolute atomic E-state index is 12.4. The molecule has 1 amide bonds. The third-order valence-electron chi connectivity index (χ3n) is 3.44. The van der Waals surface area contributed by atoms with E-state index in [0.717, 1.165) is 18.5 Å². The predicted molar refractivity (Wildman–Crippen MR) is 91.8 cm³/mol. The van der Waals surface area contributed by atoms with Gasteiger partial charge in [0, 0.05) is 13.1 Å². The first-order valence-electron chi connectivity index (χ1n) is 7.32. The zero-order valence-corrected chi connectivity index (χ0v) is 15.1. The summed E-state index contributed by atoms with van der Waals surface area (Å²) in [7, 11) is 3.90. The lowest BCUT2D eigenvalue weighted by Crippen LogP contribution is -2.39. The minimum atomic E-state index is -1.12. The minimum Gasteiger partial charge on any atom is -0.481 e. The Morgan fingerprint density at radius 3 is 2.35 bits per heavy atom. The SMILES string of the molecule is CC(C(=O)O)C(=O)N(CCCN(C)C)Cc1ccc(Cl)c(Cl)c1. The predicted octanol–water partition coefficient (Wildman–Crippen LogP) is 2.99. The summed E-state index contributed by atoms with van der Waals surface area (Å²) in [6, 6.07) is 5.15. The summed E-state index contributed by atoms with van der Waals surface area (Å²) in [5.41, 5.74) is 0.815. The number of hydrogen-bond donors (Lipinski definition) is 1. The van der Waals surface area contributed by atoms with Crippen LogP contribution in [0.3, 0.4) is 0 Å². The van der Waals surface area contributed by atoms with E-state index in [1.54, 1.807) is 23.1 Å². The van der Waals surface area contributed by atoms with E-state index in [1.165, 1.54) is 6.92 Å². The van der Waals surface area contributed by atoms with Crippen molar-refractivity contribution in [3.05, 3.63) is 33.8 Å². The summed E-state index contributed by atoms with van der Waals surface area (Å²) in [6.07, 6.45) is 0.756. The molecule has 1 N–H and O–H groups in total. The molecule has 0 spiro atoms. The Labute approximate surface area is 146 Å². The van der Waals surface area contributed by atoms with Gasteiger partial charge in [-0.3, -0.25) is 9.59 Å². The number of carbonyl (C=O) groups is 2. The van der Waals surface area contributed by atoms with Crippen molar-refractivity contribution >= 4 is 35.1 Å². The molecule has 0 fully saturated rings. The van der Waals surface area contributed by atoms with Gasteiger partial charge in [0.2, 0.25) is 5.91 Å². The number of hydrogen-bond acceptors (Lipinski definition) is 3. The maximum atomic E-state index is 12.4. The number of carboxylic acids is 1. The molecule has 0 aliphatic rings. The lowest BCUT2D eigenvalue weighted by atomic mass is 10.1. The molecule has 23 heavy (non-hydrogen) atoms. The fourth-order valence-corrected chi connectivity index (χ4v) is 2.40. The highest BCUT2D eigenvalue weighted by Gasteiger charge is 2.26. The first kappa shape index (κ1) is 19.7. The molecule has 0 heterocycles. The molecule has 7 heteroatoms. The van der Waals surface area contributed by atoms with Crippen LogP contribution in [0.2, 0.25) is 10.0 Å². The lowest BCUT2D eigenvalue weighted by molar-refractivity contribution is -0.150. The van der Waals surface area contributed by atoms with E-state index in [0.29, 0.717) is 23.1 Å². The van der Waals surface area contributed by atoms with E-state index in [1.807, 2.05) is 19.0 Å². The van der Waals surface area contributed by atoms with Crippen molar-refractivity contribution in [2.45, 2.75) is 19.9 Å². The van der Waals surface area contributed by atoms with Crippen LogP contribution in [0.5, 0.6) is 0 Å². The Morgan fingerprint density at radius 1 is 1.17 bits per heavy atom. The van der Waals surface area contributed by atoms with Crippen LogP contribution in [-0.4, -0.2) is 54.0 Å². The van der Waals surface area contributed by atoms with Gasteiger partial charge in [0.1, 0.15) is 5.92 Å². The molecule has 0 aromatic heterocycles. The summed E-state index contributed by atoms with van der Waals surface area (Å²) in [5, 5.41) is 9.92. The summed E-state index contributed by atoms with van der Waals surface area (Å²) >= 11 is 11.9. The quantitative estimate of drug-likeness (QED) is 0.723. The zero-order valence-electron chi connectivity index (χ0n) is 13.6. The fourth-order valence-electron chi connectivity index (χ4n) is 2.08. The highest BCUT2D eigenvalue weighted by Crippen LogP contribution is 2.23. The summed E-state index contributed by atoms with van der Waals surface area (Å²) < 4.78 is 0. The number of carbonyl (C=O) groups excluding carboxylic acids is 1. The lowest BCUT2D eigenvalue weighted by Gasteiger charge is -2.25. The standard InChI is InChI=1S/C16H22Cl2N2O3/c1-11(16(22)23)15(21)20(8-4-7-19(2)3)10-12-5-6-13(17)14(18)9-12/h5-6,9,11H,4,7-8,10H2,1-3H3,(H,22,23). The highest BCUT2D eigenvalue weighted by atomic mass is 35.5. The molecule has 1 unspecified atom stereocenters. The second-order valence-electron chi connectivity index (χ2n) is 5.73. The molecule has 128 valence electrons. The first-order valence-corrected chi connectivity index (χ1v) is 8.08. The van der Waals surface area contributed by atoms with Gasteiger partial charge in [-0.2, -0.15) is 0 Å². The molecular weight excluding hydrogens is 339 g/mol. The van der Waals surface area contributed by atoms with Gasteiger partial charge in [0.05, 0.1) is 10.0 Å². The van der Waals surface area contributed by atoms with Crippen LogP contribution < -0.4 is 0 Å². The smallest absolute Gasteiger partial charge is 0.315 e. The number of carboxylic acid groups (broad SMARTS) is 1. The Morgan fingerprint density at radius 2 is 1.83 bits per heavy atom. The van der Waals surface area contributed by atoms with Gasteiger partial charge in [-0.1, -0.05) is 29.3 Å². The van der Waals surface area contributed by atoms with Crippen molar-refractivity contribution in [1.82, 2.24) is 9.80 Å². The van der Waals surface area contributed by atoms with E-state index in [2.05, 4.69) is 0 Å². The largest absolute Gasteiger partial charge is 0.481 e. The monoisotopic (exact) mass is 360 g/mol. The molecule has 0 aliphatic heterocycles. The number of rotatable bonds is 8. The topological polar surface area (TPSA) is 60.9 Å². The average Bonchev–Trinajstić information content (AvgIpc) is 2.48. The molecule has 0 radical (unpaired) electrons. The Bertz CT molecular complexity index is 564. The Hall–Kier alpha value is -1.30. The van der Waals surface area contributed by atoms with E-state index in [-0.39, 0.29) is 0 Å². The van der Waals surface area contributed by atoms with Gasteiger partial charge in [0.25, 0.3) is 0 Å². The van der Waals surface area contributed by atoms with E-state index in [4.69, 9.17) is 28.3 Å². The zero-order chi connectivity index (χ0) is 17.6. The van der Waals surface area contributed by atoms with E-state index < -0.39 is 17.8 Å². The van der Waals surface area contributed by atoms with Crippen molar-refractivity contribution in [3.8, 4) is 0 Å². The van der Waals surface area contributed by atoms with Gasteiger partial charge >= 0.3 is 5.97 Å². The van der Waals surface area contributed by atoms with Gasteiger partial charge in [0.15, 0.2) is 0 Å². The normalized spacial score (nSPS) is 12.3. The van der Waals surface area contributed by atoms with Crippen LogP contribution in [0.4, 0.5) is 0 Å². The molecule has 1 aromatic rings. The van der Waals surface area contributed by atoms with Crippen molar-refractivity contribution in [1.29, 1.82) is 0 Å². The summed E-state index contributed by atoms with van der Waals surface area (Å²) in [6.45, 7) is 3.00. The van der Waals surface area contributed by atoms with Crippen molar-refractivity contribution in [2.75, 3.05) is 27.2 Å². The minimum absolute atomic E-state index is 0.306. The Kier molecular flexibility index (Phi) is 7.82. The number of benzene rings is 1. The van der Waals surface area contributed by atoms with Crippen molar-refractivity contribution in [2.24, 2.45) is 5.92 Å². The Balaban J connectivity index is 2.86. The second-order valence-corrected chi connectivity index (χ2v) is 6.54. The van der Waals surface area contributed by atoms with Crippen LogP contribution in [-0.2, 0) is 16.1 Å². The third kappa shape index (κ3) is 6.37. The fraction of sp³-hybridized carbons (Fsp3) is 0.500. The maximum Gasteiger partial charge on any atom is 0.315 e. The van der Waals surface area contributed by atoms with Gasteiger partial charge in [-0.25, -0.2) is 0 Å². The molecule has 1 aromatic carbocycles. The van der Waals surface area contributed by atoms with E-state index in [9.17, 15) is 9.59 Å². The van der Waals surface area contributed by atoms with Crippen LogP contribution in [0.15, 0.2) is 18.2 Å². The van der Waals surface area contributed by atoms with E-state index >= 15 is 0 Å². The molecule has 0 saturated heterocycles. The molecule has 0 bridgehead atoms. The number of nitrogens with zero attached hydrogens (tertiary/aromatic N) is 2. The van der Waals surface area contributed by atoms with Crippen LogP contribution in [0.1, 0.15) is 18.9 Å². The summed E-state index contributed by atoms with van der Waals surface area (Å²) in [5.74, 6) is -2.60. The molecule has 1 rings (SSSR count). The molecule has 1 atom stereocenters. The van der Waals surface area contributed by atoms with Gasteiger partial charge < -0.3 is 14.9 Å². The molecule has 0 aliphatic carbocycles. The third-order valence-corrected chi connectivity index (χ3v) is 4.18. The molecular formula is C16H22Cl2N2O3. The number of halogens is 2. The van der Waals surface area contributed by atoms with Crippen molar-refractivity contribution in [3.63, 3.8) is 0 Å². The van der Waals surface area contributed by atoms with Crippen LogP contribution in [0, 0.1) is 5.92 Å². The average molecular weight is 361 g/mol. The van der Waals surface area contributed by atoms with Gasteiger partial charge in [-0.05, 0) is 51.7 Å². The first-order chi connectivity index (χ1) is 10.7. The van der Waals surface area contributed by atoms with Gasteiger partial charge in [-0.15, -0.1) is 0 Å². The van der Waals surface area contributed by atoms with Crippen LogP contribution >= 0.6 is 23.2 Å². The summed E-state index contributed by atoms with van der Waals surface area (Å²) in [4.78, 5) is 27.0. The van der Waals surface area contributed by atoms with Crippen LogP contribution in [0.25, 0.3) is 0 Å². The second kappa shape index (κ2) is 9.11. The molecule has 5 nitrogen and oxygen atoms in total. The van der Waals surface area contributed by atoms with Crippen molar-refractivity contribution < 1.29 is 14.7 Å². The number of amides is 1.